The number of rotatable bonds is 3. The van der Waals surface area contributed by atoms with E-state index < -0.39 is 0 Å². The summed E-state index contributed by atoms with van der Waals surface area (Å²) in [5.74, 6) is -0.276. The molecule has 0 unspecified atom stereocenters. The van der Waals surface area contributed by atoms with Gasteiger partial charge in [0.15, 0.2) is 0 Å². The molecular weight excluding hydrogens is 215 g/mol. The third-order valence-electron chi connectivity index (χ3n) is 2.35. The summed E-state index contributed by atoms with van der Waals surface area (Å²) in [5, 5.41) is 3.99. The van der Waals surface area contributed by atoms with Gasteiger partial charge in [0.25, 0.3) is 0 Å². The minimum Gasteiger partial charge on any atom is -0.279 e. The van der Waals surface area contributed by atoms with Crippen LogP contribution in [0.1, 0.15) is 11.1 Å². The molecule has 86 valence electrons. The highest BCUT2D eigenvalue weighted by molar-refractivity contribution is 5.80. The van der Waals surface area contributed by atoms with E-state index in [4.69, 9.17) is 0 Å². The summed E-state index contributed by atoms with van der Waals surface area (Å²) in [5.41, 5.74) is 5.38. The standard InChI is InChI=1S/C14H13FN2/c1-11-6-8-13(9-7-11)17-16-10-12-4-2-3-5-14(12)15/h2-10,17H,1H3/b16-10+. The third-order valence-corrected chi connectivity index (χ3v) is 2.35. The van der Waals surface area contributed by atoms with E-state index in [1.807, 2.05) is 31.2 Å². The Bertz CT molecular complexity index is 518. The molecule has 17 heavy (non-hydrogen) atoms. The lowest BCUT2D eigenvalue weighted by molar-refractivity contribution is 0.626. The van der Waals surface area contributed by atoms with Gasteiger partial charge in [-0.25, -0.2) is 4.39 Å². The van der Waals surface area contributed by atoms with Crippen LogP contribution in [0.4, 0.5) is 10.1 Å². The lowest BCUT2D eigenvalue weighted by atomic mass is 10.2. The lowest BCUT2D eigenvalue weighted by Gasteiger charge is -2.00. The summed E-state index contributed by atoms with van der Waals surface area (Å²) in [6.07, 6.45) is 1.47. The molecule has 0 aliphatic heterocycles. The molecule has 2 aromatic rings. The van der Waals surface area contributed by atoms with Crippen molar-refractivity contribution in [2.75, 3.05) is 5.43 Å². The molecule has 0 saturated carbocycles. The van der Waals surface area contributed by atoms with Crippen LogP contribution >= 0.6 is 0 Å². The average Bonchev–Trinajstić information content (AvgIpc) is 2.34. The molecule has 2 aromatic carbocycles. The van der Waals surface area contributed by atoms with Crippen molar-refractivity contribution < 1.29 is 4.39 Å². The van der Waals surface area contributed by atoms with Crippen molar-refractivity contribution >= 4 is 11.9 Å². The van der Waals surface area contributed by atoms with Crippen LogP contribution in [0.2, 0.25) is 0 Å². The Hall–Kier alpha value is -2.16. The molecule has 0 aliphatic carbocycles. The molecule has 0 aliphatic rings. The summed E-state index contributed by atoms with van der Waals surface area (Å²) < 4.78 is 13.2. The maximum Gasteiger partial charge on any atom is 0.132 e. The SMILES string of the molecule is Cc1ccc(N/N=C/c2ccccc2F)cc1. The van der Waals surface area contributed by atoms with E-state index in [1.54, 1.807) is 18.2 Å². The molecule has 2 rings (SSSR count). The van der Waals surface area contributed by atoms with Crippen LogP contribution in [-0.2, 0) is 0 Å². The number of aryl methyl sites for hydroxylation is 1. The molecule has 0 atom stereocenters. The number of halogens is 1. The maximum atomic E-state index is 13.2. The monoisotopic (exact) mass is 228 g/mol. The van der Waals surface area contributed by atoms with Crippen LogP contribution in [0.15, 0.2) is 53.6 Å². The van der Waals surface area contributed by atoms with Gasteiger partial charge in [0.1, 0.15) is 5.82 Å². The van der Waals surface area contributed by atoms with Crippen LogP contribution in [-0.4, -0.2) is 6.21 Å². The normalized spacial score (nSPS) is 10.7. The molecule has 0 aromatic heterocycles. The Morgan fingerprint density at radius 3 is 2.47 bits per heavy atom. The van der Waals surface area contributed by atoms with Crippen LogP contribution < -0.4 is 5.43 Å². The predicted molar refractivity (Wildman–Crippen MR) is 68.8 cm³/mol. The van der Waals surface area contributed by atoms with Crippen molar-refractivity contribution in [3.8, 4) is 0 Å². The third kappa shape index (κ3) is 3.14. The highest BCUT2D eigenvalue weighted by Gasteiger charge is 1.95. The zero-order valence-electron chi connectivity index (χ0n) is 9.52. The number of anilines is 1. The quantitative estimate of drug-likeness (QED) is 0.630. The van der Waals surface area contributed by atoms with Gasteiger partial charge in [-0.15, -0.1) is 0 Å². The smallest absolute Gasteiger partial charge is 0.132 e. The fourth-order valence-corrected chi connectivity index (χ4v) is 1.38. The Morgan fingerprint density at radius 2 is 1.76 bits per heavy atom. The highest BCUT2D eigenvalue weighted by Crippen LogP contribution is 2.08. The first-order valence-electron chi connectivity index (χ1n) is 5.36. The predicted octanol–water partition coefficient (Wildman–Crippen LogP) is 3.58. The number of nitrogens with one attached hydrogen (secondary N) is 1. The Labute approximate surface area is 99.8 Å². The van der Waals surface area contributed by atoms with Crippen molar-refractivity contribution in [1.82, 2.24) is 0 Å². The number of nitrogens with zero attached hydrogens (tertiary/aromatic N) is 1. The molecule has 3 heteroatoms. The van der Waals surface area contributed by atoms with Gasteiger partial charge in [0.05, 0.1) is 11.9 Å². The molecule has 0 radical (unpaired) electrons. The fourth-order valence-electron chi connectivity index (χ4n) is 1.38. The van der Waals surface area contributed by atoms with E-state index in [9.17, 15) is 4.39 Å². The fraction of sp³-hybridized carbons (Fsp3) is 0.0714. The first-order chi connectivity index (χ1) is 8.25. The van der Waals surface area contributed by atoms with Gasteiger partial charge in [-0.2, -0.15) is 5.10 Å². The highest BCUT2D eigenvalue weighted by atomic mass is 19.1. The van der Waals surface area contributed by atoms with Crippen molar-refractivity contribution in [3.63, 3.8) is 0 Å². The summed E-state index contributed by atoms with van der Waals surface area (Å²) in [7, 11) is 0. The first-order valence-corrected chi connectivity index (χ1v) is 5.36. The van der Waals surface area contributed by atoms with E-state index in [0.717, 1.165) is 5.69 Å². The second-order valence-electron chi connectivity index (χ2n) is 3.76. The van der Waals surface area contributed by atoms with E-state index in [-0.39, 0.29) is 5.82 Å². The largest absolute Gasteiger partial charge is 0.279 e. The molecule has 0 heterocycles. The average molecular weight is 228 g/mol. The first kappa shape index (κ1) is 11.3. The molecule has 0 spiro atoms. The van der Waals surface area contributed by atoms with E-state index in [0.29, 0.717) is 5.56 Å². The minimum absolute atomic E-state index is 0.276. The lowest BCUT2D eigenvalue weighted by Crippen LogP contribution is -1.92. The van der Waals surface area contributed by atoms with Crippen LogP contribution in [0, 0.1) is 12.7 Å². The van der Waals surface area contributed by atoms with Crippen molar-refractivity contribution in [3.05, 3.63) is 65.5 Å². The van der Waals surface area contributed by atoms with Gasteiger partial charge in [-0.1, -0.05) is 35.9 Å². The number of benzene rings is 2. The van der Waals surface area contributed by atoms with E-state index >= 15 is 0 Å². The summed E-state index contributed by atoms with van der Waals surface area (Å²) in [4.78, 5) is 0. The van der Waals surface area contributed by atoms with Crippen molar-refractivity contribution in [2.45, 2.75) is 6.92 Å². The van der Waals surface area contributed by atoms with Gasteiger partial charge >= 0.3 is 0 Å². The number of hydrazone groups is 1. The van der Waals surface area contributed by atoms with Gasteiger partial charge in [-0.3, -0.25) is 5.43 Å². The second kappa shape index (κ2) is 5.25. The van der Waals surface area contributed by atoms with E-state index in [1.165, 1.54) is 17.8 Å². The zero-order valence-corrected chi connectivity index (χ0v) is 9.52. The number of hydrogen-bond donors (Lipinski definition) is 1. The number of hydrogen-bond acceptors (Lipinski definition) is 2. The zero-order chi connectivity index (χ0) is 12.1. The molecule has 0 fully saturated rings. The van der Waals surface area contributed by atoms with Gasteiger partial charge in [0, 0.05) is 5.56 Å². The summed E-state index contributed by atoms with van der Waals surface area (Å²) in [6.45, 7) is 2.02. The molecule has 0 bridgehead atoms. The minimum atomic E-state index is -0.276. The van der Waals surface area contributed by atoms with Crippen molar-refractivity contribution in [2.24, 2.45) is 5.10 Å². The second-order valence-corrected chi connectivity index (χ2v) is 3.76. The Balaban J connectivity index is 2.03. The molecular formula is C14H13FN2. The molecule has 0 amide bonds. The van der Waals surface area contributed by atoms with E-state index in [2.05, 4.69) is 10.5 Å². The van der Waals surface area contributed by atoms with Crippen molar-refractivity contribution in [1.29, 1.82) is 0 Å². The Morgan fingerprint density at radius 1 is 1.06 bits per heavy atom. The van der Waals surface area contributed by atoms with Gasteiger partial charge in [-0.05, 0) is 25.1 Å². The van der Waals surface area contributed by atoms with Crippen LogP contribution in [0.25, 0.3) is 0 Å². The van der Waals surface area contributed by atoms with Crippen LogP contribution in [0.3, 0.4) is 0 Å². The molecule has 1 N–H and O–H groups in total. The van der Waals surface area contributed by atoms with Gasteiger partial charge < -0.3 is 0 Å². The molecule has 0 saturated heterocycles. The molecule has 2 nitrogen and oxygen atoms in total. The topological polar surface area (TPSA) is 24.4 Å². The summed E-state index contributed by atoms with van der Waals surface area (Å²) in [6, 6.07) is 14.3. The summed E-state index contributed by atoms with van der Waals surface area (Å²) >= 11 is 0. The maximum absolute atomic E-state index is 13.2. The van der Waals surface area contributed by atoms with Gasteiger partial charge in [0.2, 0.25) is 0 Å². The van der Waals surface area contributed by atoms with Crippen LogP contribution in [0.5, 0.6) is 0 Å². The Kier molecular flexibility index (Phi) is 3.50.